The molecular weight excluding hydrogens is 230 g/mol. The molecule has 0 aromatic carbocycles. The Morgan fingerprint density at radius 1 is 1.33 bits per heavy atom. The molecule has 4 heteroatoms. The van der Waals surface area contributed by atoms with Gasteiger partial charge < -0.3 is 9.84 Å². The standard InChI is InChI=1S/C14H25NO3/c1-2-11-10-18-9-8-15(11)13-7-5-3-4-6-12(13)14(16)17/h11-13H,2-10H2,1H3,(H,16,17). The van der Waals surface area contributed by atoms with Gasteiger partial charge in [-0.25, -0.2) is 0 Å². The Hall–Kier alpha value is -0.610. The summed E-state index contributed by atoms with van der Waals surface area (Å²) in [4.78, 5) is 13.9. The van der Waals surface area contributed by atoms with Crippen LogP contribution in [0.2, 0.25) is 0 Å². The predicted octanol–water partition coefficient (Wildman–Crippen LogP) is 2.13. The Kier molecular flexibility index (Phi) is 5.01. The fourth-order valence-electron chi connectivity index (χ4n) is 3.43. The monoisotopic (exact) mass is 255 g/mol. The van der Waals surface area contributed by atoms with E-state index >= 15 is 0 Å². The number of aliphatic carboxylic acids is 1. The summed E-state index contributed by atoms with van der Waals surface area (Å²) in [5, 5.41) is 9.47. The first kappa shape index (κ1) is 13.8. The quantitative estimate of drug-likeness (QED) is 0.785. The molecule has 0 radical (unpaired) electrons. The highest BCUT2D eigenvalue weighted by Crippen LogP contribution is 2.30. The first-order chi connectivity index (χ1) is 8.74. The van der Waals surface area contributed by atoms with Gasteiger partial charge in [0.15, 0.2) is 0 Å². The van der Waals surface area contributed by atoms with E-state index in [1.54, 1.807) is 0 Å². The molecule has 1 saturated heterocycles. The van der Waals surface area contributed by atoms with Crippen LogP contribution in [0, 0.1) is 5.92 Å². The molecule has 18 heavy (non-hydrogen) atoms. The van der Waals surface area contributed by atoms with E-state index in [9.17, 15) is 9.90 Å². The minimum Gasteiger partial charge on any atom is -0.481 e. The summed E-state index contributed by atoms with van der Waals surface area (Å²) >= 11 is 0. The average molecular weight is 255 g/mol. The molecule has 0 spiro atoms. The van der Waals surface area contributed by atoms with Gasteiger partial charge in [-0.2, -0.15) is 0 Å². The van der Waals surface area contributed by atoms with E-state index < -0.39 is 5.97 Å². The maximum Gasteiger partial charge on any atom is 0.308 e. The van der Waals surface area contributed by atoms with Crippen molar-refractivity contribution in [3.05, 3.63) is 0 Å². The lowest BCUT2D eigenvalue weighted by Gasteiger charge is -2.42. The van der Waals surface area contributed by atoms with Gasteiger partial charge in [-0.15, -0.1) is 0 Å². The van der Waals surface area contributed by atoms with E-state index in [1.807, 2.05) is 0 Å². The summed E-state index contributed by atoms with van der Waals surface area (Å²) in [7, 11) is 0. The molecule has 3 unspecified atom stereocenters. The van der Waals surface area contributed by atoms with E-state index in [2.05, 4.69) is 11.8 Å². The van der Waals surface area contributed by atoms with Gasteiger partial charge in [-0.1, -0.05) is 26.2 Å². The van der Waals surface area contributed by atoms with Crippen molar-refractivity contribution in [1.82, 2.24) is 4.90 Å². The second-order valence-electron chi connectivity index (χ2n) is 5.52. The van der Waals surface area contributed by atoms with Gasteiger partial charge in [0.2, 0.25) is 0 Å². The highest BCUT2D eigenvalue weighted by molar-refractivity contribution is 5.71. The van der Waals surface area contributed by atoms with Crippen molar-refractivity contribution in [2.45, 2.75) is 57.5 Å². The summed E-state index contributed by atoms with van der Waals surface area (Å²) in [6, 6.07) is 0.627. The maximum atomic E-state index is 11.5. The molecule has 4 nitrogen and oxygen atoms in total. The third-order valence-electron chi connectivity index (χ3n) is 4.47. The van der Waals surface area contributed by atoms with Gasteiger partial charge in [0, 0.05) is 18.6 Å². The number of hydrogen-bond acceptors (Lipinski definition) is 3. The van der Waals surface area contributed by atoms with Crippen molar-refractivity contribution in [3.63, 3.8) is 0 Å². The molecule has 2 aliphatic rings. The molecule has 0 bridgehead atoms. The molecule has 2 rings (SSSR count). The zero-order valence-electron chi connectivity index (χ0n) is 11.3. The van der Waals surface area contributed by atoms with E-state index in [4.69, 9.17) is 4.74 Å². The highest BCUT2D eigenvalue weighted by atomic mass is 16.5. The van der Waals surface area contributed by atoms with Crippen LogP contribution in [-0.2, 0) is 9.53 Å². The lowest BCUT2D eigenvalue weighted by atomic mass is 9.91. The number of ether oxygens (including phenoxy) is 1. The van der Waals surface area contributed by atoms with Crippen LogP contribution in [0.4, 0.5) is 0 Å². The fraction of sp³-hybridized carbons (Fsp3) is 0.929. The Bertz CT molecular complexity index is 282. The molecule has 2 fully saturated rings. The number of nitrogens with zero attached hydrogens (tertiary/aromatic N) is 1. The molecular formula is C14H25NO3. The molecule has 0 aromatic heterocycles. The number of carboxylic acid groups (broad SMARTS) is 1. The number of morpholine rings is 1. The van der Waals surface area contributed by atoms with Gasteiger partial charge in [0.05, 0.1) is 19.1 Å². The van der Waals surface area contributed by atoms with E-state index in [1.165, 1.54) is 12.8 Å². The SMILES string of the molecule is CCC1COCCN1C1CCCCCC1C(=O)O. The van der Waals surface area contributed by atoms with Crippen LogP contribution in [0.15, 0.2) is 0 Å². The van der Waals surface area contributed by atoms with Crippen molar-refractivity contribution in [2.24, 2.45) is 5.92 Å². The predicted molar refractivity (Wildman–Crippen MR) is 69.6 cm³/mol. The zero-order chi connectivity index (χ0) is 13.0. The van der Waals surface area contributed by atoms with E-state index in [-0.39, 0.29) is 12.0 Å². The van der Waals surface area contributed by atoms with Crippen molar-refractivity contribution < 1.29 is 14.6 Å². The molecule has 1 saturated carbocycles. The summed E-state index contributed by atoms with van der Waals surface area (Å²) in [6.45, 7) is 4.57. The Morgan fingerprint density at radius 2 is 2.11 bits per heavy atom. The molecule has 1 aliphatic heterocycles. The minimum absolute atomic E-state index is 0.181. The number of hydrogen-bond donors (Lipinski definition) is 1. The molecule has 3 atom stereocenters. The number of rotatable bonds is 3. The Labute approximate surface area is 109 Å². The minimum atomic E-state index is -0.608. The van der Waals surface area contributed by atoms with Crippen LogP contribution in [-0.4, -0.2) is 47.8 Å². The van der Waals surface area contributed by atoms with Gasteiger partial charge in [-0.3, -0.25) is 9.69 Å². The topological polar surface area (TPSA) is 49.8 Å². The molecule has 0 amide bonds. The lowest BCUT2D eigenvalue weighted by molar-refractivity contribution is -0.146. The second kappa shape index (κ2) is 6.53. The summed E-state index contributed by atoms with van der Waals surface area (Å²) in [5.41, 5.74) is 0. The molecule has 0 aromatic rings. The van der Waals surface area contributed by atoms with Gasteiger partial charge in [0.1, 0.15) is 0 Å². The summed E-state index contributed by atoms with van der Waals surface area (Å²) < 4.78 is 5.53. The van der Waals surface area contributed by atoms with Crippen molar-refractivity contribution in [2.75, 3.05) is 19.8 Å². The van der Waals surface area contributed by atoms with Crippen molar-refractivity contribution >= 4 is 5.97 Å². The first-order valence-corrected chi connectivity index (χ1v) is 7.30. The van der Waals surface area contributed by atoms with Crippen molar-refractivity contribution in [3.8, 4) is 0 Å². The lowest BCUT2D eigenvalue weighted by Crippen LogP contribution is -2.53. The average Bonchev–Trinajstić information content (AvgIpc) is 2.64. The fourth-order valence-corrected chi connectivity index (χ4v) is 3.43. The Balaban J connectivity index is 2.12. The molecule has 1 N–H and O–H groups in total. The van der Waals surface area contributed by atoms with Crippen LogP contribution in [0.3, 0.4) is 0 Å². The summed E-state index contributed by atoms with van der Waals surface area (Å²) in [6.07, 6.45) is 6.34. The first-order valence-electron chi connectivity index (χ1n) is 7.30. The smallest absolute Gasteiger partial charge is 0.308 e. The molecule has 1 aliphatic carbocycles. The highest BCUT2D eigenvalue weighted by Gasteiger charge is 2.37. The van der Waals surface area contributed by atoms with E-state index in [0.29, 0.717) is 6.04 Å². The molecule has 104 valence electrons. The normalized spacial score (nSPS) is 35.1. The van der Waals surface area contributed by atoms with E-state index in [0.717, 1.165) is 45.4 Å². The van der Waals surface area contributed by atoms with Crippen molar-refractivity contribution in [1.29, 1.82) is 0 Å². The van der Waals surface area contributed by atoms with Crippen LogP contribution in [0.5, 0.6) is 0 Å². The van der Waals surface area contributed by atoms with Crippen LogP contribution >= 0.6 is 0 Å². The third-order valence-corrected chi connectivity index (χ3v) is 4.47. The van der Waals surface area contributed by atoms with Crippen LogP contribution in [0.1, 0.15) is 45.4 Å². The van der Waals surface area contributed by atoms with Crippen LogP contribution in [0.25, 0.3) is 0 Å². The second-order valence-corrected chi connectivity index (χ2v) is 5.52. The largest absolute Gasteiger partial charge is 0.481 e. The van der Waals surface area contributed by atoms with Gasteiger partial charge in [-0.05, 0) is 19.3 Å². The Morgan fingerprint density at radius 3 is 2.83 bits per heavy atom. The maximum absolute atomic E-state index is 11.5. The number of carboxylic acids is 1. The zero-order valence-corrected chi connectivity index (χ0v) is 11.3. The van der Waals surface area contributed by atoms with Gasteiger partial charge in [0.25, 0.3) is 0 Å². The third kappa shape index (κ3) is 3.04. The molecule has 1 heterocycles. The van der Waals surface area contributed by atoms with Crippen LogP contribution < -0.4 is 0 Å². The summed E-state index contributed by atoms with van der Waals surface area (Å²) in [5.74, 6) is -0.789. The number of carbonyl (C=O) groups is 1. The van der Waals surface area contributed by atoms with Gasteiger partial charge >= 0.3 is 5.97 Å².